The van der Waals surface area contributed by atoms with Crippen molar-refractivity contribution in [3.05, 3.63) is 60.4 Å². The van der Waals surface area contributed by atoms with Gasteiger partial charge in [0.15, 0.2) is 5.82 Å². The molecule has 3 aromatic heterocycles. The molecule has 1 saturated carbocycles. The third kappa shape index (κ3) is 3.06. The molecule has 0 unspecified atom stereocenters. The molecule has 0 aliphatic heterocycles. The molecule has 4 aromatic rings. The van der Waals surface area contributed by atoms with Crippen molar-refractivity contribution >= 4 is 5.95 Å². The highest BCUT2D eigenvalue weighted by Crippen LogP contribution is 2.50. The van der Waals surface area contributed by atoms with Gasteiger partial charge in [0.25, 0.3) is 5.89 Å². The van der Waals surface area contributed by atoms with E-state index in [1.165, 1.54) is 5.56 Å². The van der Waals surface area contributed by atoms with Crippen LogP contribution in [0.4, 0.5) is 5.95 Å². The molecule has 0 bridgehead atoms. The summed E-state index contributed by atoms with van der Waals surface area (Å²) in [6, 6.07) is 8.41. The molecule has 1 aliphatic carbocycles. The third-order valence-electron chi connectivity index (χ3n) is 5.73. The first-order valence-corrected chi connectivity index (χ1v) is 9.55. The number of nitrogens with zero attached hydrogens (tertiary/aromatic N) is 6. The van der Waals surface area contributed by atoms with E-state index >= 15 is 0 Å². The lowest BCUT2D eigenvalue weighted by Gasteiger charge is -2.27. The predicted octanol–water partition coefficient (Wildman–Crippen LogP) is 3.23. The molecule has 0 saturated heterocycles. The smallest absolute Gasteiger partial charge is 0.261 e. The largest absolute Gasteiger partial charge is 0.368 e. The van der Waals surface area contributed by atoms with Crippen LogP contribution in [0.3, 0.4) is 0 Å². The minimum Gasteiger partial charge on any atom is -0.368 e. The van der Waals surface area contributed by atoms with E-state index in [1.54, 1.807) is 23.3 Å². The van der Waals surface area contributed by atoms with Crippen LogP contribution in [-0.2, 0) is 12.5 Å². The average molecular weight is 387 g/mol. The SMILES string of the molecule is Cn1cc(-c2nc([C@](C)(c3ccc(-c4cnc(N)nc4)cc3)C3CC3)no2)cn1. The Morgan fingerprint density at radius 3 is 2.38 bits per heavy atom. The van der Waals surface area contributed by atoms with Crippen LogP contribution in [0.25, 0.3) is 22.6 Å². The third-order valence-corrected chi connectivity index (χ3v) is 5.73. The summed E-state index contributed by atoms with van der Waals surface area (Å²) >= 11 is 0. The minimum absolute atomic E-state index is 0.271. The monoisotopic (exact) mass is 387 g/mol. The molecule has 146 valence electrons. The van der Waals surface area contributed by atoms with Crippen LogP contribution in [0.15, 0.2) is 53.6 Å². The fourth-order valence-corrected chi connectivity index (χ4v) is 3.79. The molecule has 0 spiro atoms. The molecule has 5 rings (SSSR count). The summed E-state index contributed by atoms with van der Waals surface area (Å²) in [5, 5.41) is 8.53. The van der Waals surface area contributed by atoms with Crippen molar-refractivity contribution in [1.29, 1.82) is 0 Å². The van der Waals surface area contributed by atoms with E-state index in [0.717, 1.165) is 29.5 Å². The van der Waals surface area contributed by atoms with Crippen molar-refractivity contribution in [2.24, 2.45) is 13.0 Å². The molecule has 2 N–H and O–H groups in total. The molecule has 0 amide bonds. The predicted molar refractivity (Wildman–Crippen MR) is 108 cm³/mol. The number of aromatic nitrogens is 6. The number of hydrogen-bond donors (Lipinski definition) is 1. The van der Waals surface area contributed by atoms with Gasteiger partial charge in [-0.2, -0.15) is 10.1 Å². The number of hydrogen-bond acceptors (Lipinski definition) is 7. The van der Waals surface area contributed by atoms with Gasteiger partial charge in [0.05, 0.1) is 17.2 Å². The van der Waals surface area contributed by atoms with Crippen LogP contribution in [0.5, 0.6) is 0 Å². The molecule has 1 fully saturated rings. The summed E-state index contributed by atoms with van der Waals surface area (Å²) in [6.07, 6.45) is 9.37. The van der Waals surface area contributed by atoms with Gasteiger partial charge in [-0.15, -0.1) is 0 Å². The Bertz CT molecular complexity index is 1140. The van der Waals surface area contributed by atoms with Gasteiger partial charge in [0, 0.05) is 31.2 Å². The highest BCUT2D eigenvalue weighted by atomic mass is 16.5. The van der Waals surface area contributed by atoms with E-state index in [2.05, 4.69) is 51.4 Å². The zero-order chi connectivity index (χ0) is 20.0. The second-order valence-electron chi connectivity index (χ2n) is 7.71. The van der Waals surface area contributed by atoms with Gasteiger partial charge in [-0.05, 0) is 36.8 Å². The Hall–Kier alpha value is -3.55. The summed E-state index contributed by atoms with van der Waals surface area (Å²) < 4.78 is 7.29. The summed E-state index contributed by atoms with van der Waals surface area (Å²) in [5.74, 6) is 1.97. The lowest BCUT2D eigenvalue weighted by Crippen LogP contribution is -2.28. The molecule has 1 aliphatic rings. The van der Waals surface area contributed by atoms with E-state index in [4.69, 9.17) is 15.2 Å². The molecule has 1 atom stereocenters. The highest BCUT2D eigenvalue weighted by Gasteiger charge is 2.47. The Balaban J connectivity index is 1.50. The Morgan fingerprint density at radius 1 is 1.03 bits per heavy atom. The fraction of sp³-hybridized carbons (Fsp3) is 0.286. The van der Waals surface area contributed by atoms with E-state index in [-0.39, 0.29) is 11.4 Å². The minimum atomic E-state index is -0.305. The van der Waals surface area contributed by atoms with Crippen LogP contribution in [0, 0.1) is 5.92 Å². The zero-order valence-corrected chi connectivity index (χ0v) is 16.3. The van der Waals surface area contributed by atoms with Crippen molar-refractivity contribution in [1.82, 2.24) is 29.9 Å². The van der Waals surface area contributed by atoms with E-state index in [1.807, 2.05) is 13.2 Å². The molecular formula is C21H21N7O. The van der Waals surface area contributed by atoms with E-state index < -0.39 is 0 Å². The van der Waals surface area contributed by atoms with Crippen LogP contribution < -0.4 is 5.73 Å². The van der Waals surface area contributed by atoms with Crippen LogP contribution >= 0.6 is 0 Å². The van der Waals surface area contributed by atoms with Gasteiger partial charge >= 0.3 is 0 Å². The summed E-state index contributed by atoms with van der Waals surface area (Å²) in [6.45, 7) is 2.20. The highest BCUT2D eigenvalue weighted by molar-refractivity contribution is 5.63. The van der Waals surface area contributed by atoms with E-state index in [9.17, 15) is 0 Å². The van der Waals surface area contributed by atoms with E-state index in [0.29, 0.717) is 17.6 Å². The Kier molecular flexibility index (Phi) is 3.94. The first kappa shape index (κ1) is 17.5. The second-order valence-corrected chi connectivity index (χ2v) is 7.71. The van der Waals surface area contributed by atoms with Gasteiger partial charge in [-0.25, -0.2) is 9.97 Å². The van der Waals surface area contributed by atoms with Crippen LogP contribution in [0.2, 0.25) is 0 Å². The molecule has 1 aromatic carbocycles. The molecule has 8 nitrogen and oxygen atoms in total. The van der Waals surface area contributed by atoms with Gasteiger partial charge in [-0.1, -0.05) is 29.4 Å². The van der Waals surface area contributed by atoms with Crippen molar-refractivity contribution in [2.45, 2.75) is 25.2 Å². The van der Waals surface area contributed by atoms with Crippen LogP contribution in [0.1, 0.15) is 31.2 Å². The molecule has 3 heterocycles. The van der Waals surface area contributed by atoms with Crippen molar-refractivity contribution in [3.8, 4) is 22.6 Å². The quantitative estimate of drug-likeness (QED) is 0.560. The molecular weight excluding hydrogens is 366 g/mol. The maximum absolute atomic E-state index is 5.59. The van der Waals surface area contributed by atoms with Gasteiger partial charge < -0.3 is 10.3 Å². The summed E-state index contributed by atoms with van der Waals surface area (Å²) in [7, 11) is 1.86. The van der Waals surface area contributed by atoms with Gasteiger partial charge in [0.1, 0.15) is 0 Å². The topological polar surface area (TPSA) is 109 Å². The normalized spacial score (nSPS) is 15.9. The number of benzene rings is 1. The molecule has 8 heteroatoms. The lowest BCUT2D eigenvalue weighted by atomic mass is 9.77. The summed E-state index contributed by atoms with van der Waals surface area (Å²) in [5.41, 5.74) is 9.23. The zero-order valence-electron chi connectivity index (χ0n) is 16.3. The van der Waals surface area contributed by atoms with Gasteiger partial charge in [0.2, 0.25) is 5.95 Å². The number of rotatable bonds is 5. The molecule has 0 radical (unpaired) electrons. The van der Waals surface area contributed by atoms with Gasteiger partial charge in [-0.3, -0.25) is 4.68 Å². The fourth-order valence-electron chi connectivity index (χ4n) is 3.79. The summed E-state index contributed by atoms with van der Waals surface area (Å²) in [4.78, 5) is 12.9. The van der Waals surface area contributed by atoms with Crippen molar-refractivity contribution in [2.75, 3.05) is 5.73 Å². The number of nitrogens with two attached hydrogens (primary N) is 1. The molecule has 29 heavy (non-hydrogen) atoms. The standard InChI is InChI=1S/C21H21N7O/c1-21(17-7-8-17,19-26-18(29-27-19)15-11-25-28(2)12-15)16-5-3-13(4-6-16)14-9-23-20(22)24-10-14/h3-6,9-12,17H,7-8H2,1-2H3,(H2,22,23,24)/t21-/m1/s1. The number of nitrogen functional groups attached to an aromatic ring is 1. The second kappa shape index (κ2) is 6.51. The average Bonchev–Trinajstić information content (AvgIpc) is 3.32. The lowest BCUT2D eigenvalue weighted by molar-refractivity contribution is 0.386. The number of aryl methyl sites for hydroxylation is 1. The Labute approximate surface area is 167 Å². The van der Waals surface area contributed by atoms with Crippen LogP contribution in [-0.4, -0.2) is 29.9 Å². The Morgan fingerprint density at radius 2 is 1.76 bits per heavy atom. The maximum atomic E-state index is 5.59. The van der Waals surface area contributed by atoms with Crippen molar-refractivity contribution < 1.29 is 4.52 Å². The number of anilines is 1. The maximum Gasteiger partial charge on any atom is 0.261 e. The van der Waals surface area contributed by atoms with Crippen molar-refractivity contribution in [3.63, 3.8) is 0 Å². The first-order valence-electron chi connectivity index (χ1n) is 9.55. The first-order chi connectivity index (χ1) is 14.0.